The highest BCUT2D eigenvalue weighted by molar-refractivity contribution is 6.05. The lowest BCUT2D eigenvalue weighted by Gasteiger charge is -2.09. The van der Waals surface area contributed by atoms with Crippen LogP contribution < -0.4 is 10.6 Å². The molecule has 0 atom stereocenters. The Morgan fingerprint density at radius 3 is 2.77 bits per heavy atom. The van der Waals surface area contributed by atoms with Crippen LogP contribution in [-0.4, -0.2) is 11.0 Å². The van der Waals surface area contributed by atoms with Gasteiger partial charge in [0.2, 0.25) is 0 Å². The lowest BCUT2D eigenvalue weighted by Crippen LogP contribution is -2.19. The van der Waals surface area contributed by atoms with Crippen LogP contribution >= 0.6 is 0 Å². The van der Waals surface area contributed by atoms with Crippen LogP contribution in [0.2, 0.25) is 0 Å². The van der Waals surface area contributed by atoms with Gasteiger partial charge in [-0.25, -0.2) is 4.79 Å². The smallest absolute Gasteiger partial charge is 0.308 e. The lowest BCUT2D eigenvalue weighted by atomic mass is 10.2. The summed E-state index contributed by atoms with van der Waals surface area (Å²) in [6.07, 6.45) is 1.65. The van der Waals surface area contributed by atoms with Crippen molar-refractivity contribution >= 4 is 28.3 Å². The normalized spacial score (nSPS) is 9.95. The van der Waals surface area contributed by atoms with Crippen molar-refractivity contribution in [1.29, 1.82) is 5.26 Å². The monoisotopic (exact) mass is 288 g/mol. The Kier molecular flexibility index (Phi) is 3.67. The van der Waals surface area contributed by atoms with Gasteiger partial charge in [-0.2, -0.15) is 5.26 Å². The standard InChI is InChI=1S/C17H12N4O/c18-11-12-4-3-5-13(10-12)20-17(22)21-16-8-9-19-15-7-2-1-6-14(15)16/h1-10H,(H2,19,20,21,22). The highest BCUT2D eigenvalue weighted by Crippen LogP contribution is 2.21. The van der Waals surface area contributed by atoms with Gasteiger partial charge in [-0.05, 0) is 30.3 Å². The Morgan fingerprint density at radius 2 is 1.91 bits per heavy atom. The molecule has 1 heterocycles. The van der Waals surface area contributed by atoms with Gasteiger partial charge in [0.15, 0.2) is 0 Å². The van der Waals surface area contributed by atoms with Crippen LogP contribution in [-0.2, 0) is 0 Å². The summed E-state index contributed by atoms with van der Waals surface area (Å²) in [6.45, 7) is 0. The average Bonchev–Trinajstić information content (AvgIpc) is 2.55. The Labute approximate surface area is 127 Å². The van der Waals surface area contributed by atoms with E-state index in [9.17, 15) is 4.79 Å². The summed E-state index contributed by atoms with van der Waals surface area (Å²) >= 11 is 0. The maximum Gasteiger partial charge on any atom is 0.323 e. The molecule has 2 N–H and O–H groups in total. The molecule has 5 nitrogen and oxygen atoms in total. The van der Waals surface area contributed by atoms with Gasteiger partial charge < -0.3 is 10.6 Å². The third kappa shape index (κ3) is 2.86. The third-order valence-corrected chi connectivity index (χ3v) is 3.15. The van der Waals surface area contributed by atoms with Crippen LogP contribution in [0.3, 0.4) is 0 Å². The van der Waals surface area contributed by atoms with Crippen molar-refractivity contribution < 1.29 is 4.79 Å². The minimum Gasteiger partial charge on any atom is -0.308 e. The number of carbonyl (C=O) groups is 1. The Hall–Kier alpha value is -3.39. The van der Waals surface area contributed by atoms with E-state index in [1.807, 2.05) is 30.3 Å². The van der Waals surface area contributed by atoms with E-state index in [1.165, 1.54) is 0 Å². The van der Waals surface area contributed by atoms with Gasteiger partial charge in [-0.1, -0.05) is 24.3 Å². The van der Waals surface area contributed by atoms with Crippen LogP contribution in [0.1, 0.15) is 5.56 Å². The molecule has 0 fully saturated rings. The zero-order valence-electron chi connectivity index (χ0n) is 11.6. The van der Waals surface area contributed by atoms with E-state index >= 15 is 0 Å². The number of fused-ring (bicyclic) bond motifs is 1. The molecule has 0 saturated carbocycles. The summed E-state index contributed by atoms with van der Waals surface area (Å²) in [5.41, 5.74) is 2.55. The van der Waals surface area contributed by atoms with Gasteiger partial charge in [0, 0.05) is 17.3 Å². The maximum absolute atomic E-state index is 12.1. The summed E-state index contributed by atoms with van der Waals surface area (Å²) in [5.74, 6) is 0. The van der Waals surface area contributed by atoms with Crippen molar-refractivity contribution in [2.45, 2.75) is 0 Å². The molecule has 1 aromatic heterocycles. The first-order valence-corrected chi connectivity index (χ1v) is 6.68. The Bertz CT molecular complexity index is 878. The predicted octanol–water partition coefficient (Wildman–Crippen LogP) is 3.75. The topological polar surface area (TPSA) is 77.8 Å². The first-order valence-electron chi connectivity index (χ1n) is 6.68. The minimum absolute atomic E-state index is 0.369. The molecule has 0 aliphatic heterocycles. The molecule has 3 rings (SSSR count). The van der Waals surface area contributed by atoms with Gasteiger partial charge in [0.05, 0.1) is 22.8 Å². The SMILES string of the molecule is N#Cc1cccc(NC(=O)Nc2ccnc3ccccc23)c1. The molecule has 106 valence electrons. The van der Waals surface area contributed by atoms with Crippen LogP contribution in [0.25, 0.3) is 10.9 Å². The molecule has 0 aliphatic rings. The summed E-state index contributed by atoms with van der Waals surface area (Å²) in [4.78, 5) is 16.3. The molecule has 0 bridgehead atoms. The summed E-state index contributed by atoms with van der Waals surface area (Å²) in [6, 6.07) is 17.7. The molecule has 0 unspecified atom stereocenters. The number of anilines is 2. The lowest BCUT2D eigenvalue weighted by molar-refractivity contribution is 0.262. The van der Waals surface area contributed by atoms with Gasteiger partial charge in [-0.15, -0.1) is 0 Å². The van der Waals surface area contributed by atoms with E-state index in [0.29, 0.717) is 16.9 Å². The highest BCUT2D eigenvalue weighted by Gasteiger charge is 2.06. The summed E-state index contributed by atoms with van der Waals surface area (Å²) in [7, 11) is 0. The van der Waals surface area contributed by atoms with Crippen molar-refractivity contribution in [3.63, 3.8) is 0 Å². The van der Waals surface area contributed by atoms with E-state index < -0.39 is 0 Å². The molecule has 22 heavy (non-hydrogen) atoms. The number of amides is 2. The average molecular weight is 288 g/mol. The number of nitrogens with one attached hydrogen (secondary N) is 2. The van der Waals surface area contributed by atoms with Crippen LogP contribution in [0.4, 0.5) is 16.2 Å². The fourth-order valence-electron chi connectivity index (χ4n) is 2.16. The summed E-state index contributed by atoms with van der Waals surface area (Å²) in [5, 5.41) is 15.2. The molecule has 2 aromatic carbocycles. The molecule has 0 aliphatic carbocycles. The number of aromatic nitrogens is 1. The van der Waals surface area contributed by atoms with E-state index in [2.05, 4.69) is 15.6 Å². The number of rotatable bonds is 2. The van der Waals surface area contributed by atoms with Gasteiger partial charge in [-0.3, -0.25) is 4.98 Å². The first-order chi connectivity index (χ1) is 10.8. The van der Waals surface area contributed by atoms with Crippen molar-refractivity contribution in [2.75, 3.05) is 10.6 Å². The fraction of sp³-hybridized carbons (Fsp3) is 0. The van der Waals surface area contributed by atoms with E-state index in [4.69, 9.17) is 5.26 Å². The zero-order chi connectivity index (χ0) is 15.4. The molecule has 0 saturated heterocycles. The fourth-order valence-corrected chi connectivity index (χ4v) is 2.16. The number of hydrogen-bond acceptors (Lipinski definition) is 3. The van der Waals surface area contributed by atoms with E-state index in [-0.39, 0.29) is 6.03 Å². The van der Waals surface area contributed by atoms with Crippen LogP contribution in [0.15, 0.2) is 60.8 Å². The van der Waals surface area contributed by atoms with E-state index in [1.54, 1.807) is 36.5 Å². The molecule has 2 amide bonds. The number of hydrogen-bond donors (Lipinski definition) is 2. The van der Waals surface area contributed by atoms with Crippen molar-refractivity contribution in [2.24, 2.45) is 0 Å². The predicted molar refractivity (Wildman–Crippen MR) is 85.5 cm³/mol. The number of pyridine rings is 1. The number of urea groups is 1. The highest BCUT2D eigenvalue weighted by atomic mass is 16.2. The van der Waals surface area contributed by atoms with Crippen molar-refractivity contribution in [3.8, 4) is 6.07 Å². The van der Waals surface area contributed by atoms with Crippen LogP contribution in [0.5, 0.6) is 0 Å². The van der Waals surface area contributed by atoms with Crippen molar-refractivity contribution in [1.82, 2.24) is 4.98 Å². The molecule has 0 radical (unpaired) electrons. The molecule has 5 heteroatoms. The quantitative estimate of drug-likeness (QED) is 0.753. The van der Waals surface area contributed by atoms with E-state index in [0.717, 1.165) is 10.9 Å². The second kappa shape index (κ2) is 5.94. The Morgan fingerprint density at radius 1 is 1.05 bits per heavy atom. The molecule has 3 aromatic rings. The van der Waals surface area contributed by atoms with Crippen molar-refractivity contribution in [3.05, 3.63) is 66.4 Å². The first kappa shape index (κ1) is 13.6. The third-order valence-electron chi connectivity index (χ3n) is 3.15. The summed E-state index contributed by atoms with van der Waals surface area (Å²) < 4.78 is 0. The van der Waals surface area contributed by atoms with Gasteiger partial charge in [0.25, 0.3) is 0 Å². The van der Waals surface area contributed by atoms with Gasteiger partial charge in [0.1, 0.15) is 0 Å². The maximum atomic E-state index is 12.1. The molecular formula is C17H12N4O. The minimum atomic E-state index is -0.369. The molecular weight excluding hydrogens is 276 g/mol. The number of para-hydroxylation sites is 1. The number of carbonyl (C=O) groups excluding carboxylic acids is 1. The second-order valence-electron chi connectivity index (χ2n) is 4.65. The van der Waals surface area contributed by atoms with Crippen LogP contribution in [0, 0.1) is 11.3 Å². The molecule has 0 spiro atoms. The Balaban J connectivity index is 1.80. The van der Waals surface area contributed by atoms with Gasteiger partial charge >= 0.3 is 6.03 Å². The zero-order valence-corrected chi connectivity index (χ0v) is 11.6. The largest absolute Gasteiger partial charge is 0.323 e. The second-order valence-corrected chi connectivity index (χ2v) is 4.65. The number of nitriles is 1. The number of nitrogens with zero attached hydrogens (tertiary/aromatic N) is 2. The number of benzene rings is 2.